The van der Waals surface area contributed by atoms with Crippen LogP contribution in [0.15, 0.2) is 17.8 Å². The van der Waals surface area contributed by atoms with E-state index in [4.69, 9.17) is 0 Å². The van der Waals surface area contributed by atoms with Crippen LogP contribution in [0.1, 0.15) is 25.8 Å². The molecule has 0 unspecified atom stereocenters. The first-order valence-corrected chi connectivity index (χ1v) is 6.59. The molecular weight excluding hydrogens is 321 g/mol. The lowest BCUT2D eigenvalue weighted by Gasteiger charge is -2.13. The quantitative estimate of drug-likeness (QED) is 0.750. The third-order valence-electron chi connectivity index (χ3n) is 1.92. The van der Waals surface area contributed by atoms with Crippen molar-refractivity contribution in [2.45, 2.75) is 26.2 Å². The Morgan fingerprint density at radius 1 is 1.40 bits per heavy atom. The van der Waals surface area contributed by atoms with Crippen LogP contribution < -0.4 is 0 Å². The summed E-state index contributed by atoms with van der Waals surface area (Å²) in [5.41, 5.74) is 0.114. The van der Waals surface area contributed by atoms with Crippen molar-refractivity contribution in [1.29, 1.82) is 0 Å². The van der Waals surface area contributed by atoms with Crippen LogP contribution in [0.25, 0.3) is 5.82 Å². The molecule has 0 aliphatic carbocycles. The second kappa shape index (κ2) is 3.86. The first-order valence-electron chi connectivity index (χ1n) is 4.63. The molecule has 2 aromatic heterocycles. The van der Waals surface area contributed by atoms with E-state index >= 15 is 0 Å². The second-order valence-electron chi connectivity index (χ2n) is 4.36. The summed E-state index contributed by atoms with van der Waals surface area (Å²) in [6.07, 6.45) is 3.80. The second-order valence-corrected chi connectivity index (χ2v) is 6.47. The minimum Gasteiger partial charge on any atom is -0.222 e. The van der Waals surface area contributed by atoms with E-state index in [1.54, 1.807) is 11.3 Å². The van der Waals surface area contributed by atoms with Gasteiger partial charge in [0, 0.05) is 17.0 Å². The maximum Gasteiger partial charge on any atom is 0.164 e. The van der Waals surface area contributed by atoms with Crippen LogP contribution in [0.2, 0.25) is 0 Å². The number of halogens is 1. The zero-order valence-electron chi connectivity index (χ0n) is 8.86. The zero-order valence-corrected chi connectivity index (χ0v) is 11.8. The Balaban J connectivity index is 2.36. The van der Waals surface area contributed by atoms with Gasteiger partial charge in [-0.2, -0.15) is 5.10 Å². The van der Waals surface area contributed by atoms with E-state index in [2.05, 4.69) is 53.4 Å². The molecule has 0 aromatic carbocycles. The molecule has 0 aliphatic rings. The van der Waals surface area contributed by atoms with Crippen LogP contribution in [0.3, 0.4) is 0 Å². The Bertz CT molecular complexity index is 467. The standard InChI is InChI=1S/C10H12IN3S/c1-10(2,3)9-13-8(6-15-9)14-5-7(11)4-12-14/h4-6H,1-3H3. The molecule has 0 amide bonds. The van der Waals surface area contributed by atoms with E-state index < -0.39 is 0 Å². The van der Waals surface area contributed by atoms with Gasteiger partial charge in [-0.25, -0.2) is 9.67 Å². The molecule has 0 aliphatic heterocycles. The van der Waals surface area contributed by atoms with Gasteiger partial charge >= 0.3 is 0 Å². The Labute approximate surface area is 107 Å². The van der Waals surface area contributed by atoms with E-state index in [9.17, 15) is 0 Å². The van der Waals surface area contributed by atoms with Gasteiger partial charge in [0.05, 0.1) is 9.77 Å². The van der Waals surface area contributed by atoms with Crippen LogP contribution >= 0.6 is 33.9 Å². The fourth-order valence-electron chi connectivity index (χ4n) is 1.14. The molecule has 0 saturated heterocycles. The summed E-state index contributed by atoms with van der Waals surface area (Å²) >= 11 is 3.93. The molecule has 15 heavy (non-hydrogen) atoms. The summed E-state index contributed by atoms with van der Waals surface area (Å²) in [6.45, 7) is 6.51. The fourth-order valence-corrected chi connectivity index (χ4v) is 2.41. The molecule has 0 spiro atoms. The van der Waals surface area contributed by atoms with Gasteiger partial charge in [0.1, 0.15) is 5.01 Å². The van der Waals surface area contributed by atoms with Crippen molar-refractivity contribution in [1.82, 2.24) is 14.8 Å². The van der Waals surface area contributed by atoms with Crippen molar-refractivity contribution in [3.8, 4) is 5.82 Å². The summed E-state index contributed by atoms with van der Waals surface area (Å²) in [5, 5.41) is 7.42. The van der Waals surface area contributed by atoms with E-state index in [1.165, 1.54) is 0 Å². The van der Waals surface area contributed by atoms with E-state index in [1.807, 2.05) is 22.5 Å². The zero-order chi connectivity index (χ0) is 11.1. The molecule has 2 aromatic rings. The average molecular weight is 333 g/mol. The Kier molecular flexibility index (Phi) is 2.85. The minimum absolute atomic E-state index is 0.114. The molecular formula is C10H12IN3S. The summed E-state index contributed by atoms with van der Waals surface area (Å²) in [5.74, 6) is 0.910. The lowest BCUT2D eigenvalue weighted by Crippen LogP contribution is -2.10. The molecule has 0 N–H and O–H groups in total. The van der Waals surface area contributed by atoms with Crippen molar-refractivity contribution in [3.63, 3.8) is 0 Å². The number of hydrogen-bond donors (Lipinski definition) is 0. The third-order valence-corrected chi connectivity index (χ3v) is 3.73. The number of rotatable bonds is 1. The fraction of sp³-hybridized carbons (Fsp3) is 0.400. The molecule has 2 rings (SSSR count). The van der Waals surface area contributed by atoms with Gasteiger partial charge in [0.15, 0.2) is 5.82 Å². The summed E-state index contributed by atoms with van der Waals surface area (Å²) in [6, 6.07) is 0. The lowest BCUT2D eigenvalue weighted by atomic mass is 9.98. The Morgan fingerprint density at radius 2 is 2.13 bits per heavy atom. The summed E-state index contributed by atoms with van der Waals surface area (Å²) in [7, 11) is 0. The molecule has 0 radical (unpaired) electrons. The van der Waals surface area contributed by atoms with Gasteiger partial charge in [0.2, 0.25) is 0 Å². The van der Waals surface area contributed by atoms with Gasteiger partial charge < -0.3 is 0 Å². The van der Waals surface area contributed by atoms with Gasteiger partial charge in [-0.1, -0.05) is 20.8 Å². The van der Waals surface area contributed by atoms with Gasteiger partial charge in [-0.15, -0.1) is 11.3 Å². The average Bonchev–Trinajstić information content (AvgIpc) is 2.69. The SMILES string of the molecule is CC(C)(C)c1nc(-n2cc(I)cn2)cs1. The van der Waals surface area contributed by atoms with Gasteiger partial charge in [0.25, 0.3) is 0 Å². The molecule has 0 bridgehead atoms. The highest BCUT2D eigenvalue weighted by molar-refractivity contribution is 14.1. The van der Waals surface area contributed by atoms with Crippen LogP contribution in [-0.2, 0) is 5.41 Å². The van der Waals surface area contributed by atoms with Crippen molar-refractivity contribution in [3.05, 3.63) is 26.4 Å². The van der Waals surface area contributed by atoms with Gasteiger partial charge in [-0.05, 0) is 22.6 Å². The first kappa shape index (κ1) is 11.1. The predicted octanol–water partition coefficient (Wildman–Crippen LogP) is 3.23. The Hall–Kier alpha value is -0.430. The number of hydrogen-bond acceptors (Lipinski definition) is 3. The van der Waals surface area contributed by atoms with Crippen molar-refractivity contribution < 1.29 is 0 Å². The first-order chi connectivity index (χ1) is 6.97. The van der Waals surface area contributed by atoms with Crippen LogP contribution in [0.4, 0.5) is 0 Å². The van der Waals surface area contributed by atoms with Crippen LogP contribution in [0.5, 0.6) is 0 Å². The topological polar surface area (TPSA) is 30.7 Å². The molecule has 0 saturated carbocycles. The molecule has 3 nitrogen and oxygen atoms in total. The van der Waals surface area contributed by atoms with E-state index in [0.29, 0.717) is 0 Å². The highest BCUT2D eigenvalue weighted by atomic mass is 127. The number of nitrogens with zero attached hydrogens (tertiary/aromatic N) is 3. The molecule has 2 heterocycles. The van der Waals surface area contributed by atoms with Gasteiger partial charge in [-0.3, -0.25) is 0 Å². The number of thiazole rings is 1. The van der Waals surface area contributed by atoms with Crippen molar-refractivity contribution in [2.24, 2.45) is 0 Å². The number of aromatic nitrogens is 3. The minimum atomic E-state index is 0.114. The normalized spacial score (nSPS) is 12.0. The highest BCUT2D eigenvalue weighted by Crippen LogP contribution is 2.26. The predicted molar refractivity (Wildman–Crippen MR) is 70.7 cm³/mol. The van der Waals surface area contributed by atoms with Crippen molar-refractivity contribution in [2.75, 3.05) is 0 Å². The molecule has 5 heteroatoms. The smallest absolute Gasteiger partial charge is 0.164 e. The van der Waals surface area contributed by atoms with Crippen LogP contribution in [-0.4, -0.2) is 14.8 Å². The van der Waals surface area contributed by atoms with E-state index in [-0.39, 0.29) is 5.41 Å². The lowest BCUT2D eigenvalue weighted by molar-refractivity contribution is 0.583. The molecule has 0 fully saturated rings. The monoisotopic (exact) mass is 333 g/mol. The summed E-state index contributed by atoms with van der Waals surface area (Å²) < 4.78 is 2.94. The third kappa shape index (κ3) is 2.39. The maximum absolute atomic E-state index is 4.58. The summed E-state index contributed by atoms with van der Waals surface area (Å²) in [4.78, 5) is 4.58. The van der Waals surface area contributed by atoms with E-state index in [0.717, 1.165) is 14.4 Å². The maximum atomic E-state index is 4.58. The highest BCUT2D eigenvalue weighted by Gasteiger charge is 2.18. The largest absolute Gasteiger partial charge is 0.222 e. The van der Waals surface area contributed by atoms with Crippen LogP contribution in [0, 0.1) is 3.57 Å². The molecule has 80 valence electrons. The molecule has 0 atom stereocenters. The van der Waals surface area contributed by atoms with Crippen molar-refractivity contribution >= 4 is 33.9 Å². The Morgan fingerprint density at radius 3 is 2.60 bits per heavy atom.